The van der Waals surface area contributed by atoms with Crippen LogP contribution < -0.4 is 21.7 Å². The molecule has 13 heteroatoms. The van der Waals surface area contributed by atoms with Gasteiger partial charge in [0.05, 0.1) is 6.04 Å². The predicted molar refractivity (Wildman–Crippen MR) is 182 cm³/mol. The maximum atomic E-state index is 13.6. The molecule has 0 bridgehead atoms. The Balaban J connectivity index is 1.69. The van der Waals surface area contributed by atoms with Crippen LogP contribution in [0.3, 0.4) is 0 Å². The molecule has 1 heterocycles. The summed E-state index contributed by atoms with van der Waals surface area (Å²) in [6.07, 6.45) is -0.499. The number of rotatable bonds is 18. The number of carbonyl (C=O) groups is 4. The summed E-state index contributed by atoms with van der Waals surface area (Å²) in [7, 11) is 0. The van der Waals surface area contributed by atoms with Gasteiger partial charge in [-0.3, -0.25) is 9.59 Å². The highest BCUT2D eigenvalue weighted by Gasteiger charge is 2.30. The van der Waals surface area contributed by atoms with Crippen molar-refractivity contribution in [2.45, 2.75) is 98.7 Å². The third kappa shape index (κ3) is 13.6. The van der Waals surface area contributed by atoms with Gasteiger partial charge in [0, 0.05) is 0 Å². The van der Waals surface area contributed by atoms with E-state index in [2.05, 4.69) is 21.0 Å². The van der Waals surface area contributed by atoms with E-state index in [9.17, 15) is 24.0 Å². The molecule has 0 saturated heterocycles. The predicted octanol–water partition coefficient (Wildman–Crippen LogP) is 5.29. The van der Waals surface area contributed by atoms with Gasteiger partial charge in [-0.1, -0.05) is 102 Å². The number of nitrogens with zero attached hydrogens (tertiary/aromatic N) is 2. The molecular formula is C36H49N5O8. The largest absolute Gasteiger partial charge is 0.445 e. The Morgan fingerprint density at radius 3 is 1.69 bits per heavy atom. The fraction of sp³-hybridized carbons (Fsp3) is 0.500. The molecule has 3 rings (SSSR count). The summed E-state index contributed by atoms with van der Waals surface area (Å²) < 4.78 is 16.9. The van der Waals surface area contributed by atoms with Crippen LogP contribution in [0.15, 0.2) is 69.9 Å². The number of carbonyl (C=O) groups excluding carboxylic acids is 4. The maximum Gasteiger partial charge on any atom is 0.437 e. The summed E-state index contributed by atoms with van der Waals surface area (Å²) in [6, 6.07) is 15.6. The molecule has 0 radical (unpaired) electrons. The van der Waals surface area contributed by atoms with E-state index in [1.54, 1.807) is 0 Å². The normalized spacial score (nSPS) is 13.1. The number of nitrogens with one attached hydrogen (secondary N) is 3. The average Bonchev–Trinajstić information content (AvgIpc) is 3.41. The molecule has 13 nitrogen and oxygen atoms in total. The van der Waals surface area contributed by atoms with Gasteiger partial charge in [0.25, 0.3) is 0 Å². The van der Waals surface area contributed by atoms with Crippen LogP contribution in [0.25, 0.3) is 0 Å². The second-order valence-corrected chi connectivity index (χ2v) is 13.3. The van der Waals surface area contributed by atoms with Crippen LogP contribution in [0.2, 0.25) is 0 Å². The zero-order chi connectivity index (χ0) is 35.9. The van der Waals surface area contributed by atoms with E-state index in [0.717, 1.165) is 15.8 Å². The van der Waals surface area contributed by atoms with Crippen molar-refractivity contribution in [3.63, 3.8) is 0 Å². The highest BCUT2D eigenvalue weighted by atomic mass is 16.6. The van der Waals surface area contributed by atoms with Gasteiger partial charge in [-0.15, -0.1) is 5.10 Å². The molecule has 49 heavy (non-hydrogen) atoms. The fourth-order valence-electron chi connectivity index (χ4n) is 5.05. The summed E-state index contributed by atoms with van der Waals surface area (Å²) in [4.78, 5) is 65.1. The number of ketones is 1. The molecule has 1 unspecified atom stereocenters. The van der Waals surface area contributed by atoms with Gasteiger partial charge >= 0.3 is 17.9 Å². The third-order valence-electron chi connectivity index (χ3n) is 7.38. The average molecular weight is 680 g/mol. The lowest BCUT2D eigenvalue weighted by Crippen LogP contribution is -2.53. The molecule has 0 saturated carbocycles. The molecule has 0 aliphatic heterocycles. The molecule has 3 N–H and O–H groups in total. The van der Waals surface area contributed by atoms with Crippen LogP contribution in [0.5, 0.6) is 0 Å². The van der Waals surface area contributed by atoms with Crippen molar-refractivity contribution in [3.8, 4) is 0 Å². The molecule has 3 amide bonds. The molecule has 2 aromatic carbocycles. The monoisotopic (exact) mass is 679 g/mol. The number of hydrogen-bond donors (Lipinski definition) is 3. The Morgan fingerprint density at radius 1 is 0.694 bits per heavy atom. The molecule has 1 aromatic heterocycles. The maximum absolute atomic E-state index is 13.6. The lowest BCUT2D eigenvalue weighted by atomic mass is 9.98. The van der Waals surface area contributed by atoms with Crippen molar-refractivity contribution in [2.75, 3.05) is 0 Å². The topological polar surface area (TPSA) is 171 Å². The SMILES string of the molecule is CC(C)CC(NC(=O)[C@H](CC(C)C)NC(=O)OCc1ccccc1)C(=O)Cn1nc([C@H](CC(C)C)NC(=O)OCc2ccccc2)oc1=O. The summed E-state index contributed by atoms with van der Waals surface area (Å²) >= 11 is 0. The molecule has 3 atom stereocenters. The Bertz CT molecular complexity index is 1550. The number of Topliss-reactive ketones (excluding diaryl/α,β-unsaturated/α-hetero) is 1. The van der Waals surface area contributed by atoms with Crippen molar-refractivity contribution < 1.29 is 33.1 Å². The zero-order valence-electron chi connectivity index (χ0n) is 29.1. The molecule has 266 valence electrons. The Morgan fingerprint density at radius 2 is 1.18 bits per heavy atom. The number of aromatic nitrogens is 2. The van der Waals surface area contributed by atoms with Crippen LogP contribution in [0, 0.1) is 17.8 Å². The second kappa shape index (κ2) is 19.2. The van der Waals surface area contributed by atoms with Gasteiger partial charge < -0.3 is 29.8 Å². The van der Waals surface area contributed by atoms with Gasteiger partial charge in [0.2, 0.25) is 11.8 Å². The minimum atomic E-state index is -0.978. The Kier molecular flexibility index (Phi) is 15.1. The number of ether oxygens (including phenoxy) is 2. The van der Waals surface area contributed by atoms with E-state index in [1.807, 2.05) is 102 Å². The van der Waals surface area contributed by atoms with Crippen molar-refractivity contribution in [3.05, 3.63) is 88.2 Å². The molecule has 0 spiro atoms. The highest BCUT2D eigenvalue weighted by molar-refractivity contribution is 5.92. The quantitative estimate of drug-likeness (QED) is 0.162. The minimum absolute atomic E-state index is 0.00714. The van der Waals surface area contributed by atoms with Crippen LogP contribution in [0.1, 0.15) is 83.9 Å². The van der Waals surface area contributed by atoms with Crippen molar-refractivity contribution in [2.24, 2.45) is 17.8 Å². The number of hydrogen-bond acceptors (Lipinski definition) is 9. The first kappa shape index (κ1) is 38.5. The summed E-state index contributed by atoms with van der Waals surface area (Å²) in [5, 5.41) is 12.3. The smallest absolute Gasteiger partial charge is 0.437 e. The molecule has 0 aliphatic rings. The second-order valence-electron chi connectivity index (χ2n) is 13.3. The number of amides is 3. The van der Waals surface area contributed by atoms with Gasteiger partial charge in [-0.2, -0.15) is 4.68 Å². The Labute approximate surface area is 287 Å². The summed E-state index contributed by atoms with van der Waals surface area (Å²) in [5.41, 5.74) is 1.61. The first-order valence-electron chi connectivity index (χ1n) is 16.7. The first-order valence-corrected chi connectivity index (χ1v) is 16.7. The number of alkyl carbamates (subject to hydrolysis) is 2. The van der Waals surface area contributed by atoms with E-state index in [1.165, 1.54) is 0 Å². The van der Waals surface area contributed by atoms with Crippen molar-refractivity contribution in [1.29, 1.82) is 0 Å². The standard InChI is InChI=1S/C36H49N5O8/c1-23(2)17-28(37-32(43)29(18-24(3)4)38-34(44)47-21-26-13-9-7-10-14-26)31(42)20-41-36(46)49-33(40-41)30(19-25(5)6)39-35(45)48-22-27-15-11-8-12-16-27/h7-16,23-25,28-30H,17-22H2,1-6H3,(H,37,43)(H,38,44)(H,39,45)/t28?,29-,30-/m0/s1. The van der Waals surface area contributed by atoms with E-state index in [4.69, 9.17) is 13.9 Å². The minimum Gasteiger partial charge on any atom is -0.445 e. The highest BCUT2D eigenvalue weighted by Crippen LogP contribution is 2.19. The summed E-state index contributed by atoms with van der Waals surface area (Å²) in [6.45, 7) is 11.1. The molecule has 0 fully saturated rings. The third-order valence-corrected chi connectivity index (χ3v) is 7.38. The first-order chi connectivity index (χ1) is 23.3. The van der Waals surface area contributed by atoms with Crippen LogP contribution >= 0.6 is 0 Å². The van der Waals surface area contributed by atoms with Gasteiger partial charge in [-0.05, 0) is 48.1 Å². The van der Waals surface area contributed by atoms with Crippen molar-refractivity contribution in [1.82, 2.24) is 25.7 Å². The van der Waals surface area contributed by atoms with E-state index in [0.29, 0.717) is 12.8 Å². The number of benzene rings is 2. The fourth-order valence-corrected chi connectivity index (χ4v) is 5.05. The zero-order valence-corrected chi connectivity index (χ0v) is 29.1. The molecule has 0 aliphatic carbocycles. The van der Waals surface area contributed by atoms with Crippen LogP contribution in [-0.2, 0) is 38.8 Å². The molecular weight excluding hydrogens is 630 g/mol. The van der Waals surface area contributed by atoms with E-state index < -0.39 is 54.3 Å². The van der Waals surface area contributed by atoms with Crippen LogP contribution in [0.4, 0.5) is 9.59 Å². The molecule has 3 aromatic rings. The van der Waals surface area contributed by atoms with E-state index >= 15 is 0 Å². The lowest BCUT2D eigenvalue weighted by molar-refractivity contribution is -0.130. The van der Waals surface area contributed by atoms with Crippen molar-refractivity contribution >= 4 is 23.9 Å². The van der Waals surface area contributed by atoms with Gasteiger partial charge in [-0.25, -0.2) is 14.4 Å². The van der Waals surface area contributed by atoms with Gasteiger partial charge in [0.1, 0.15) is 31.8 Å². The summed E-state index contributed by atoms with van der Waals surface area (Å²) in [5.74, 6) is -1.84. The van der Waals surface area contributed by atoms with E-state index in [-0.39, 0.29) is 43.3 Å². The Hall–Kier alpha value is -4.94. The van der Waals surface area contributed by atoms with Crippen LogP contribution in [-0.4, -0.2) is 45.7 Å². The van der Waals surface area contributed by atoms with Gasteiger partial charge in [0.15, 0.2) is 5.78 Å². The lowest BCUT2D eigenvalue weighted by Gasteiger charge is -2.24.